The predicted octanol–water partition coefficient (Wildman–Crippen LogP) is -0.143. The molecule has 1 amide bonds. The normalized spacial score (nSPS) is 38.4. The lowest BCUT2D eigenvalue weighted by Gasteiger charge is -2.38. The predicted molar refractivity (Wildman–Crippen MR) is 63.7 cm³/mol. The van der Waals surface area contributed by atoms with Crippen molar-refractivity contribution in [3.05, 3.63) is 0 Å². The van der Waals surface area contributed by atoms with Gasteiger partial charge in [0.1, 0.15) is 0 Å². The Morgan fingerprint density at radius 3 is 2.76 bits per heavy atom. The standard InChI is InChI=1S/C12H22N2O3/c1-8-5-17-9(2)4-14(8)12(15)10-6-16-7-11(10)13-3/h8-11,13H,4-7H2,1-3H3. The van der Waals surface area contributed by atoms with E-state index in [-0.39, 0.29) is 30.0 Å². The van der Waals surface area contributed by atoms with E-state index >= 15 is 0 Å². The first kappa shape index (κ1) is 12.8. The smallest absolute Gasteiger partial charge is 0.230 e. The van der Waals surface area contributed by atoms with Crippen molar-refractivity contribution in [1.29, 1.82) is 0 Å². The minimum Gasteiger partial charge on any atom is -0.379 e. The molecule has 98 valence electrons. The van der Waals surface area contributed by atoms with Gasteiger partial charge in [0.25, 0.3) is 0 Å². The van der Waals surface area contributed by atoms with E-state index in [1.807, 2.05) is 25.8 Å². The highest BCUT2D eigenvalue weighted by molar-refractivity contribution is 5.80. The molecule has 2 fully saturated rings. The van der Waals surface area contributed by atoms with Gasteiger partial charge in [-0.25, -0.2) is 0 Å². The summed E-state index contributed by atoms with van der Waals surface area (Å²) in [5.74, 6) is 0.150. The van der Waals surface area contributed by atoms with Gasteiger partial charge >= 0.3 is 0 Å². The fourth-order valence-electron chi connectivity index (χ4n) is 2.51. The molecule has 2 aliphatic heterocycles. The van der Waals surface area contributed by atoms with Gasteiger partial charge in [-0.2, -0.15) is 0 Å². The highest BCUT2D eigenvalue weighted by atomic mass is 16.5. The molecule has 0 aromatic rings. The van der Waals surface area contributed by atoms with Gasteiger partial charge in [-0.1, -0.05) is 0 Å². The van der Waals surface area contributed by atoms with Gasteiger partial charge in [0.2, 0.25) is 5.91 Å². The number of carbonyl (C=O) groups excluding carboxylic acids is 1. The van der Waals surface area contributed by atoms with Crippen LogP contribution < -0.4 is 5.32 Å². The van der Waals surface area contributed by atoms with Crippen LogP contribution in [0.5, 0.6) is 0 Å². The molecule has 2 saturated heterocycles. The molecular weight excluding hydrogens is 220 g/mol. The average Bonchev–Trinajstić information content (AvgIpc) is 2.79. The Morgan fingerprint density at radius 2 is 2.06 bits per heavy atom. The number of nitrogens with one attached hydrogen (secondary N) is 1. The van der Waals surface area contributed by atoms with Crippen LogP contribution in [0.1, 0.15) is 13.8 Å². The topological polar surface area (TPSA) is 50.8 Å². The van der Waals surface area contributed by atoms with Gasteiger partial charge in [-0.05, 0) is 20.9 Å². The van der Waals surface area contributed by atoms with Crippen molar-refractivity contribution in [2.75, 3.05) is 33.4 Å². The second kappa shape index (κ2) is 5.33. The van der Waals surface area contributed by atoms with Crippen LogP contribution in [0.2, 0.25) is 0 Å². The van der Waals surface area contributed by atoms with Crippen molar-refractivity contribution in [2.24, 2.45) is 5.92 Å². The summed E-state index contributed by atoms with van der Waals surface area (Å²) in [7, 11) is 1.88. The summed E-state index contributed by atoms with van der Waals surface area (Å²) < 4.78 is 10.9. The monoisotopic (exact) mass is 242 g/mol. The Bertz CT molecular complexity index is 285. The number of likely N-dealkylation sites (N-methyl/N-ethyl adjacent to an activating group) is 1. The lowest BCUT2D eigenvalue weighted by molar-refractivity contribution is -0.148. The molecule has 1 N–H and O–H groups in total. The van der Waals surface area contributed by atoms with Crippen molar-refractivity contribution < 1.29 is 14.3 Å². The molecule has 0 bridgehead atoms. The van der Waals surface area contributed by atoms with E-state index in [0.717, 1.165) is 0 Å². The molecule has 0 aromatic carbocycles. The summed E-state index contributed by atoms with van der Waals surface area (Å²) >= 11 is 0. The molecular formula is C12H22N2O3. The lowest BCUT2D eigenvalue weighted by atomic mass is 10.0. The van der Waals surface area contributed by atoms with E-state index in [1.165, 1.54) is 0 Å². The van der Waals surface area contributed by atoms with Gasteiger partial charge in [0, 0.05) is 12.6 Å². The zero-order chi connectivity index (χ0) is 12.4. The van der Waals surface area contributed by atoms with Crippen LogP contribution in [0, 0.1) is 5.92 Å². The fraction of sp³-hybridized carbons (Fsp3) is 0.917. The first-order valence-electron chi connectivity index (χ1n) is 6.30. The number of morpholine rings is 1. The van der Waals surface area contributed by atoms with Gasteiger partial charge in [0.05, 0.1) is 37.9 Å². The van der Waals surface area contributed by atoms with Crippen LogP contribution in [0.3, 0.4) is 0 Å². The van der Waals surface area contributed by atoms with Crippen LogP contribution in [0.4, 0.5) is 0 Å². The number of rotatable bonds is 2. The third kappa shape index (κ3) is 2.61. The summed E-state index contributed by atoms with van der Waals surface area (Å²) in [6, 6.07) is 0.310. The second-order valence-corrected chi connectivity index (χ2v) is 5.02. The molecule has 2 heterocycles. The van der Waals surface area contributed by atoms with E-state index in [9.17, 15) is 4.79 Å². The number of carbonyl (C=O) groups is 1. The molecule has 5 nitrogen and oxygen atoms in total. The number of hydrogen-bond acceptors (Lipinski definition) is 4. The second-order valence-electron chi connectivity index (χ2n) is 5.02. The summed E-state index contributed by atoms with van der Waals surface area (Å²) in [5, 5.41) is 3.16. The molecule has 5 heteroatoms. The van der Waals surface area contributed by atoms with Crippen molar-refractivity contribution >= 4 is 5.91 Å². The van der Waals surface area contributed by atoms with Crippen LogP contribution in [0.15, 0.2) is 0 Å². The quantitative estimate of drug-likeness (QED) is 0.732. The number of nitrogens with zero attached hydrogens (tertiary/aromatic N) is 1. The minimum absolute atomic E-state index is 0.0484. The van der Waals surface area contributed by atoms with Gasteiger partial charge in [0.15, 0.2) is 0 Å². The van der Waals surface area contributed by atoms with Gasteiger partial charge in [-0.3, -0.25) is 4.79 Å². The first-order valence-corrected chi connectivity index (χ1v) is 6.30. The van der Waals surface area contributed by atoms with Crippen LogP contribution in [-0.4, -0.2) is 62.4 Å². The van der Waals surface area contributed by atoms with Crippen LogP contribution in [0.25, 0.3) is 0 Å². The maximum absolute atomic E-state index is 12.5. The Labute approximate surface area is 102 Å². The molecule has 0 saturated carbocycles. The summed E-state index contributed by atoms with van der Waals surface area (Å²) in [4.78, 5) is 14.4. The summed E-state index contributed by atoms with van der Waals surface area (Å²) in [5.41, 5.74) is 0. The van der Waals surface area contributed by atoms with Crippen molar-refractivity contribution in [3.8, 4) is 0 Å². The Balaban J connectivity index is 2.02. The zero-order valence-electron chi connectivity index (χ0n) is 10.8. The molecule has 17 heavy (non-hydrogen) atoms. The van der Waals surface area contributed by atoms with Crippen molar-refractivity contribution in [1.82, 2.24) is 10.2 Å². The number of hydrogen-bond donors (Lipinski definition) is 1. The average molecular weight is 242 g/mol. The van der Waals surface area contributed by atoms with Gasteiger partial charge < -0.3 is 19.7 Å². The highest BCUT2D eigenvalue weighted by Gasteiger charge is 2.38. The Kier molecular flexibility index (Phi) is 4.01. The largest absolute Gasteiger partial charge is 0.379 e. The first-order chi connectivity index (χ1) is 8.13. The van der Waals surface area contributed by atoms with E-state index < -0.39 is 0 Å². The molecule has 0 aromatic heterocycles. The number of amides is 1. The maximum Gasteiger partial charge on any atom is 0.230 e. The third-order valence-electron chi connectivity index (χ3n) is 3.66. The Hall–Kier alpha value is -0.650. The van der Waals surface area contributed by atoms with E-state index in [0.29, 0.717) is 26.4 Å². The maximum atomic E-state index is 12.5. The molecule has 0 aliphatic carbocycles. The summed E-state index contributed by atoms with van der Waals surface area (Å²) in [6.07, 6.45) is 0.130. The summed E-state index contributed by atoms with van der Waals surface area (Å²) in [6.45, 7) is 6.52. The van der Waals surface area contributed by atoms with Gasteiger partial charge in [-0.15, -0.1) is 0 Å². The molecule has 4 atom stereocenters. The fourth-order valence-corrected chi connectivity index (χ4v) is 2.51. The minimum atomic E-state index is -0.0484. The lowest BCUT2D eigenvalue weighted by Crippen LogP contribution is -2.54. The molecule has 2 aliphatic rings. The van der Waals surface area contributed by atoms with Crippen molar-refractivity contribution in [2.45, 2.75) is 32.0 Å². The molecule has 2 rings (SSSR count). The third-order valence-corrected chi connectivity index (χ3v) is 3.66. The van der Waals surface area contributed by atoms with Crippen molar-refractivity contribution in [3.63, 3.8) is 0 Å². The molecule has 0 spiro atoms. The van der Waals surface area contributed by atoms with E-state index in [2.05, 4.69) is 5.32 Å². The zero-order valence-corrected chi connectivity index (χ0v) is 10.8. The van der Waals surface area contributed by atoms with E-state index in [1.54, 1.807) is 0 Å². The SMILES string of the molecule is CNC1COCC1C(=O)N1CC(C)OCC1C. The number of ether oxygens (including phenoxy) is 2. The van der Waals surface area contributed by atoms with Crippen LogP contribution in [-0.2, 0) is 14.3 Å². The van der Waals surface area contributed by atoms with Crippen LogP contribution >= 0.6 is 0 Å². The highest BCUT2D eigenvalue weighted by Crippen LogP contribution is 2.20. The molecule has 4 unspecified atom stereocenters. The Morgan fingerprint density at radius 1 is 1.29 bits per heavy atom. The molecule has 0 radical (unpaired) electrons. The van der Waals surface area contributed by atoms with E-state index in [4.69, 9.17) is 9.47 Å².